The molecule has 0 aromatic rings. The SMILES string of the molecule is CC1CCC(NC(=O)C2CCOC2C)(C(N)=S)CC1. The van der Waals surface area contributed by atoms with E-state index in [4.69, 9.17) is 22.7 Å². The Balaban J connectivity index is 2.04. The van der Waals surface area contributed by atoms with Crippen molar-refractivity contribution >= 4 is 23.1 Å². The van der Waals surface area contributed by atoms with Gasteiger partial charge in [-0.15, -0.1) is 0 Å². The topological polar surface area (TPSA) is 64.3 Å². The van der Waals surface area contributed by atoms with Crippen molar-refractivity contribution in [3.8, 4) is 0 Å². The van der Waals surface area contributed by atoms with Gasteiger partial charge < -0.3 is 15.8 Å². The predicted octanol–water partition coefficient (Wildman–Crippen LogP) is 1.76. The summed E-state index contributed by atoms with van der Waals surface area (Å²) >= 11 is 5.22. The maximum Gasteiger partial charge on any atom is 0.226 e. The van der Waals surface area contributed by atoms with Crippen LogP contribution in [0.15, 0.2) is 0 Å². The number of amides is 1. The molecule has 1 amide bonds. The number of ether oxygens (including phenoxy) is 1. The molecule has 108 valence electrons. The third-order valence-corrected chi connectivity index (χ3v) is 5.07. The summed E-state index contributed by atoms with van der Waals surface area (Å²) in [7, 11) is 0. The van der Waals surface area contributed by atoms with Gasteiger partial charge in [0.1, 0.15) is 0 Å². The highest BCUT2D eigenvalue weighted by Gasteiger charge is 2.41. The van der Waals surface area contributed by atoms with E-state index in [1.807, 2.05) is 6.92 Å². The number of carbonyl (C=O) groups is 1. The first-order chi connectivity index (χ1) is 8.94. The fraction of sp³-hybridized carbons (Fsp3) is 0.857. The van der Waals surface area contributed by atoms with Crippen LogP contribution in [0.3, 0.4) is 0 Å². The second-order valence-corrected chi connectivity index (χ2v) is 6.53. The van der Waals surface area contributed by atoms with Gasteiger partial charge in [0.05, 0.1) is 22.5 Å². The molecule has 2 rings (SSSR count). The van der Waals surface area contributed by atoms with E-state index in [0.29, 0.717) is 17.5 Å². The Morgan fingerprint density at radius 2 is 1.95 bits per heavy atom. The van der Waals surface area contributed by atoms with Crippen LogP contribution in [-0.2, 0) is 9.53 Å². The van der Waals surface area contributed by atoms with Crippen LogP contribution >= 0.6 is 12.2 Å². The summed E-state index contributed by atoms with van der Waals surface area (Å²) in [4.78, 5) is 12.8. The molecule has 5 heteroatoms. The normalized spacial score (nSPS) is 38.9. The minimum atomic E-state index is -0.471. The zero-order valence-corrected chi connectivity index (χ0v) is 12.6. The zero-order valence-electron chi connectivity index (χ0n) is 11.8. The van der Waals surface area contributed by atoms with E-state index in [1.54, 1.807) is 0 Å². The molecule has 2 aliphatic rings. The molecule has 1 heterocycles. The minimum Gasteiger partial charge on any atom is -0.391 e. The van der Waals surface area contributed by atoms with Gasteiger partial charge in [0.15, 0.2) is 0 Å². The minimum absolute atomic E-state index is 0.00842. The van der Waals surface area contributed by atoms with Gasteiger partial charge in [0.2, 0.25) is 5.91 Å². The number of nitrogens with two attached hydrogens (primary N) is 1. The summed E-state index contributed by atoms with van der Waals surface area (Å²) in [5, 5.41) is 3.14. The Morgan fingerprint density at radius 3 is 2.42 bits per heavy atom. The molecule has 4 nitrogen and oxygen atoms in total. The second kappa shape index (κ2) is 5.75. The van der Waals surface area contributed by atoms with Crippen molar-refractivity contribution < 1.29 is 9.53 Å². The Kier molecular flexibility index (Phi) is 4.46. The van der Waals surface area contributed by atoms with E-state index in [0.717, 1.165) is 32.1 Å². The molecule has 2 atom stereocenters. The van der Waals surface area contributed by atoms with Crippen LogP contribution in [0, 0.1) is 11.8 Å². The molecule has 3 N–H and O–H groups in total. The largest absolute Gasteiger partial charge is 0.391 e. The monoisotopic (exact) mass is 284 g/mol. The van der Waals surface area contributed by atoms with Crippen LogP contribution in [0.5, 0.6) is 0 Å². The summed E-state index contributed by atoms with van der Waals surface area (Å²) in [5.74, 6) is 0.672. The van der Waals surface area contributed by atoms with Gasteiger partial charge in [0.25, 0.3) is 0 Å². The Labute approximate surface area is 120 Å². The van der Waals surface area contributed by atoms with E-state index in [9.17, 15) is 4.79 Å². The highest BCUT2D eigenvalue weighted by molar-refractivity contribution is 7.80. The van der Waals surface area contributed by atoms with Gasteiger partial charge in [-0.25, -0.2) is 0 Å². The Hall–Kier alpha value is -0.680. The summed E-state index contributed by atoms with van der Waals surface area (Å²) < 4.78 is 5.46. The first kappa shape index (κ1) is 14.7. The van der Waals surface area contributed by atoms with Crippen LogP contribution in [0.1, 0.15) is 46.0 Å². The molecular weight excluding hydrogens is 260 g/mol. The highest BCUT2D eigenvalue weighted by atomic mass is 32.1. The third-order valence-electron chi connectivity index (χ3n) is 4.67. The van der Waals surface area contributed by atoms with Crippen LogP contribution < -0.4 is 11.1 Å². The molecule has 0 spiro atoms. The molecule has 1 aliphatic heterocycles. The first-order valence-corrected chi connectivity index (χ1v) is 7.59. The van der Waals surface area contributed by atoms with Crippen molar-refractivity contribution in [2.24, 2.45) is 17.6 Å². The maximum absolute atomic E-state index is 12.4. The molecule has 2 fully saturated rings. The van der Waals surface area contributed by atoms with Crippen molar-refractivity contribution in [3.05, 3.63) is 0 Å². The van der Waals surface area contributed by atoms with Crippen LogP contribution in [-0.4, -0.2) is 29.1 Å². The zero-order chi connectivity index (χ0) is 14.0. The summed E-state index contributed by atoms with van der Waals surface area (Å²) in [6.45, 7) is 4.85. The van der Waals surface area contributed by atoms with Crippen LogP contribution in [0.4, 0.5) is 0 Å². The lowest BCUT2D eigenvalue weighted by Crippen LogP contribution is -2.59. The van der Waals surface area contributed by atoms with E-state index < -0.39 is 5.54 Å². The number of hydrogen-bond acceptors (Lipinski definition) is 3. The first-order valence-electron chi connectivity index (χ1n) is 7.18. The lowest BCUT2D eigenvalue weighted by Gasteiger charge is -2.40. The number of hydrogen-bond donors (Lipinski definition) is 2. The van der Waals surface area contributed by atoms with Gasteiger partial charge in [-0.1, -0.05) is 19.1 Å². The van der Waals surface area contributed by atoms with Gasteiger partial charge in [-0.3, -0.25) is 4.79 Å². The number of thiocarbonyl (C=S) groups is 1. The van der Waals surface area contributed by atoms with E-state index in [2.05, 4.69) is 12.2 Å². The summed E-state index contributed by atoms with van der Waals surface area (Å²) in [6, 6.07) is 0. The van der Waals surface area contributed by atoms with Crippen LogP contribution in [0.25, 0.3) is 0 Å². The standard InChI is InChI=1S/C14H24N2O2S/c1-9-3-6-14(7-4-9,13(15)19)16-12(17)11-5-8-18-10(11)2/h9-11H,3-8H2,1-2H3,(H2,15,19)(H,16,17). The second-order valence-electron chi connectivity index (χ2n) is 6.09. The Morgan fingerprint density at radius 1 is 1.32 bits per heavy atom. The number of carbonyl (C=O) groups excluding carboxylic acids is 1. The van der Waals surface area contributed by atoms with Crippen molar-refractivity contribution in [2.45, 2.75) is 57.6 Å². The molecule has 1 saturated carbocycles. The van der Waals surface area contributed by atoms with Gasteiger partial charge in [-0.05, 0) is 44.9 Å². The average molecular weight is 284 g/mol. The maximum atomic E-state index is 12.4. The van der Waals surface area contributed by atoms with Crippen LogP contribution in [0.2, 0.25) is 0 Å². The van der Waals surface area contributed by atoms with Crippen molar-refractivity contribution in [1.29, 1.82) is 0 Å². The molecule has 1 saturated heterocycles. The Bertz CT molecular complexity index is 364. The van der Waals surface area contributed by atoms with E-state index >= 15 is 0 Å². The number of nitrogens with one attached hydrogen (secondary N) is 1. The molecule has 0 radical (unpaired) electrons. The lowest BCUT2D eigenvalue weighted by molar-refractivity contribution is -0.128. The molecule has 0 bridgehead atoms. The molecule has 19 heavy (non-hydrogen) atoms. The lowest BCUT2D eigenvalue weighted by atomic mass is 9.76. The summed E-state index contributed by atoms with van der Waals surface area (Å²) in [5.41, 5.74) is 5.44. The van der Waals surface area contributed by atoms with Gasteiger partial charge >= 0.3 is 0 Å². The fourth-order valence-electron chi connectivity index (χ4n) is 3.09. The fourth-order valence-corrected chi connectivity index (χ4v) is 3.35. The molecule has 1 aliphatic carbocycles. The van der Waals surface area contributed by atoms with E-state index in [1.165, 1.54) is 0 Å². The smallest absolute Gasteiger partial charge is 0.226 e. The molecule has 2 unspecified atom stereocenters. The predicted molar refractivity (Wildman–Crippen MR) is 78.8 cm³/mol. The third kappa shape index (κ3) is 3.08. The molecular formula is C14H24N2O2S. The van der Waals surface area contributed by atoms with Crippen molar-refractivity contribution in [1.82, 2.24) is 5.32 Å². The summed E-state index contributed by atoms with van der Waals surface area (Å²) in [6.07, 6.45) is 4.62. The van der Waals surface area contributed by atoms with E-state index in [-0.39, 0.29) is 17.9 Å². The van der Waals surface area contributed by atoms with Gasteiger partial charge in [0, 0.05) is 6.61 Å². The van der Waals surface area contributed by atoms with Crippen molar-refractivity contribution in [3.63, 3.8) is 0 Å². The quantitative estimate of drug-likeness (QED) is 0.775. The number of rotatable bonds is 3. The highest BCUT2D eigenvalue weighted by Crippen LogP contribution is 2.33. The molecule has 0 aromatic carbocycles. The van der Waals surface area contributed by atoms with Crippen molar-refractivity contribution in [2.75, 3.05) is 6.61 Å². The molecule has 0 aromatic heterocycles. The average Bonchev–Trinajstić information content (AvgIpc) is 2.78. The van der Waals surface area contributed by atoms with Gasteiger partial charge in [-0.2, -0.15) is 0 Å².